The average Bonchev–Trinajstić information content (AvgIpc) is 2.65. The van der Waals surface area contributed by atoms with E-state index in [9.17, 15) is 14.7 Å². The van der Waals surface area contributed by atoms with Gasteiger partial charge in [-0.1, -0.05) is 37.1 Å². The van der Waals surface area contributed by atoms with Gasteiger partial charge in [0.15, 0.2) is 0 Å². The zero-order valence-corrected chi connectivity index (χ0v) is 15.7. The van der Waals surface area contributed by atoms with Crippen LogP contribution in [0.2, 0.25) is 5.02 Å². The molecule has 27 heavy (non-hydrogen) atoms. The molecule has 2 N–H and O–H groups in total. The largest absolute Gasteiger partial charge is 0.493 e. The molecule has 6 nitrogen and oxygen atoms in total. The number of aromatic nitrogens is 3. The Balaban J connectivity index is 1.84. The van der Waals surface area contributed by atoms with E-state index in [2.05, 4.69) is 9.97 Å². The minimum Gasteiger partial charge on any atom is -0.493 e. The van der Waals surface area contributed by atoms with Gasteiger partial charge in [0.25, 0.3) is 11.1 Å². The summed E-state index contributed by atoms with van der Waals surface area (Å²) in [4.78, 5) is 31.1. The Morgan fingerprint density at radius 3 is 2.56 bits per heavy atom. The van der Waals surface area contributed by atoms with Gasteiger partial charge in [-0.3, -0.25) is 14.2 Å². The van der Waals surface area contributed by atoms with Crippen LogP contribution in [-0.2, 0) is 12.8 Å². The molecule has 0 radical (unpaired) electrons. The molecule has 0 bridgehead atoms. The highest BCUT2D eigenvalue weighted by Crippen LogP contribution is 2.17. The van der Waals surface area contributed by atoms with E-state index in [1.54, 1.807) is 36.5 Å². The Kier molecular flexibility index (Phi) is 5.76. The van der Waals surface area contributed by atoms with E-state index >= 15 is 0 Å². The normalized spacial score (nSPS) is 10.9. The first-order chi connectivity index (χ1) is 13.0. The number of H-pyrrole nitrogens is 1. The fraction of sp³-hybridized carbons (Fsp3) is 0.250. The second kappa shape index (κ2) is 8.22. The van der Waals surface area contributed by atoms with E-state index in [1.807, 2.05) is 6.92 Å². The molecule has 0 amide bonds. The van der Waals surface area contributed by atoms with E-state index in [1.165, 1.54) is 10.6 Å². The highest BCUT2D eigenvalue weighted by atomic mass is 35.5. The van der Waals surface area contributed by atoms with Gasteiger partial charge in [0.2, 0.25) is 5.88 Å². The lowest BCUT2D eigenvalue weighted by Crippen LogP contribution is -2.17. The predicted octanol–water partition coefficient (Wildman–Crippen LogP) is 3.21. The standard InChI is InChI=1S/C20H20ClN3O3/c1-2-3-4-17-22-19(26)16(20(27)23-17)11-13-5-8-15(9-6-13)24-12-14(21)7-10-18(24)25/h5-10,12H,2-4,11H2,1H3,(H2,22,23,26,27). The van der Waals surface area contributed by atoms with E-state index in [0.29, 0.717) is 23.0 Å². The van der Waals surface area contributed by atoms with Crippen LogP contribution in [0.15, 0.2) is 52.2 Å². The summed E-state index contributed by atoms with van der Waals surface area (Å²) < 4.78 is 1.44. The molecule has 0 aliphatic rings. The fourth-order valence-electron chi connectivity index (χ4n) is 2.79. The van der Waals surface area contributed by atoms with Gasteiger partial charge in [-0.25, -0.2) is 4.98 Å². The number of halogens is 1. The van der Waals surface area contributed by atoms with Crippen molar-refractivity contribution in [3.8, 4) is 11.6 Å². The molecule has 140 valence electrons. The third-order valence-corrected chi connectivity index (χ3v) is 4.50. The summed E-state index contributed by atoms with van der Waals surface area (Å²) in [5, 5.41) is 10.6. The molecule has 0 fully saturated rings. The summed E-state index contributed by atoms with van der Waals surface area (Å²) >= 11 is 5.95. The summed E-state index contributed by atoms with van der Waals surface area (Å²) in [6, 6.07) is 10.1. The van der Waals surface area contributed by atoms with Crippen LogP contribution in [0, 0.1) is 0 Å². The molecule has 0 aliphatic carbocycles. The van der Waals surface area contributed by atoms with Crippen molar-refractivity contribution in [2.75, 3.05) is 0 Å². The molecule has 7 heteroatoms. The van der Waals surface area contributed by atoms with Crippen molar-refractivity contribution in [3.63, 3.8) is 0 Å². The molecule has 0 saturated heterocycles. The number of unbranched alkanes of at least 4 members (excludes halogenated alkanes) is 1. The number of aromatic amines is 1. The lowest BCUT2D eigenvalue weighted by atomic mass is 10.1. The molecule has 1 aromatic carbocycles. The second-order valence-corrected chi connectivity index (χ2v) is 6.75. The molecule has 0 spiro atoms. The Morgan fingerprint density at radius 2 is 1.89 bits per heavy atom. The van der Waals surface area contributed by atoms with Gasteiger partial charge in [0, 0.05) is 30.8 Å². The maximum atomic E-state index is 12.3. The Bertz CT molecular complexity index is 1060. The zero-order chi connectivity index (χ0) is 19.4. The van der Waals surface area contributed by atoms with Crippen molar-refractivity contribution < 1.29 is 5.11 Å². The summed E-state index contributed by atoms with van der Waals surface area (Å²) in [5.74, 6) is 0.263. The molecule has 0 unspecified atom stereocenters. The van der Waals surface area contributed by atoms with Gasteiger partial charge in [-0.15, -0.1) is 0 Å². The van der Waals surface area contributed by atoms with E-state index in [0.717, 1.165) is 18.4 Å². The first-order valence-electron chi connectivity index (χ1n) is 8.76. The van der Waals surface area contributed by atoms with Crippen LogP contribution in [0.5, 0.6) is 5.88 Å². The maximum Gasteiger partial charge on any atom is 0.258 e. The quantitative estimate of drug-likeness (QED) is 0.682. The second-order valence-electron chi connectivity index (χ2n) is 6.32. The number of rotatable bonds is 6. The number of pyridine rings is 1. The molecule has 2 heterocycles. The number of aryl methyl sites for hydroxylation is 1. The zero-order valence-electron chi connectivity index (χ0n) is 14.9. The number of nitrogens with one attached hydrogen (secondary N) is 1. The van der Waals surface area contributed by atoms with Crippen LogP contribution in [-0.4, -0.2) is 19.6 Å². The van der Waals surface area contributed by atoms with E-state index in [4.69, 9.17) is 11.6 Å². The third kappa shape index (κ3) is 4.46. The molecular formula is C20H20ClN3O3. The average molecular weight is 386 g/mol. The van der Waals surface area contributed by atoms with Gasteiger partial charge in [-0.05, 0) is 30.2 Å². The first kappa shape index (κ1) is 18.9. The lowest BCUT2D eigenvalue weighted by Gasteiger charge is -2.08. The van der Waals surface area contributed by atoms with Crippen molar-refractivity contribution >= 4 is 11.6 Å². The highest BCUT2D eigenvalue weighted by molar-refractivity contribution is 6.30. The van der Waals surface area contributed by atoms with E-state index < -0.39 is 0 Å². The lowest BCUT2D eigenvalue weighted by molar-refractivity contribution is 0.440. The fourth-order valence-corrected chi connectivity index (χ4v) is 2.96. The topological polar surface area (TPSA) is 88.0 Å². The first-order valence-corrected chi connectivity index (χ1v) is 9.14. The molecule has 3 rings (SSSR count). The molecule has 3 aromatic rings. The number of benzene rings is 1. The van der Waals surface area contributed by atoms with Crippen molar-refractivity contribution in [1.29, 1.82) is 0 Å². The van der Waals surface area contributed by atoms with Gasteiger partial charge in [-0.2, -0.15) is 0 Å². The maximum absolute atomic E-state index is 12.3. The van der Waals surface area contributed by atoms with Crippen molar-refractivity contribution in [2.24, 2.45) is 0 Å². The van der Waals surface area contributed by atoms with Crippen LogP contribution >= 0.6 is 11.6 Å². The summed E-state index contributed by atoms with van der Waals surface area (Å²) in [5.41, 5.74) is 1.19. The summed E-state index contributed by atoms with van der Waals surface area (Å²) in [6.45, 7) is 2.05. The van der Waals surface area contributed by atoms with Gasteiger partial charge in [0.1, 0.15) is 5.82 Å². The molecule has 2 aromatic heterocycles. The van der Waals surface area contributed by atoms with Crippen molar-refractivity contribution in [3.05, 3.63) is 85.3 Å². The van der Waals surface area contributed by atoms with Crippen molar-refractivity contribution in [2.45, 2.75) is 32.6 Å². The highest BCUT2D eigenvalue weighted by Gasteiger charge is 2.12. The van der Waals surface area contributed by atoms with Crippen LogP contribution < -0.4 is 11.1 Å². The Hall–Kier alpha value is -2.86. The third-order valence-electron chi connectivity index (χ3n) is 4.28. The monoisotopic (exact) mass is 385 g/mol. The minimum atomic E-state index is -0.330. The SMILES string of the molecule is CCCCc1nc(O)c(Cc2ccc(-n3cc(Cl)ccc3=O)cc2)c(=O)[nH]1. The van der Waals surface area contributed by atoms with Crippen LogP contribution in [0.4, 0.5) is 0 Å². The molecule has 0 aliphatic heterocycles. The number of nitrogens with zero attached hydrogens (tertiary/aromatic N) is 2. The van der Waals surface area contributed by atoms with E-state index in [-0.39, 0.29) is 29.0 Å². The van der Waals surface area contributed by atoms with Crippen LogP contribution in [0.3, 0.4) is 0 Å². The summed E-state index contributed by atoms with van der Waals surface area (Å²) in [7, 11) is 0. The van der Waals surface area contributed by atoms with Gasteiger partial charge < -0.3 is 10.1 Å². The molecule has 0 atom stereocenters. The summed E-state index contributed by atoms with van der Waals surface area (Å²) in [6.07, 6.45) is 4.30. The smallest absolute Gasteiger partial charge is 0.258 e. The molecule has 0 saturated carbocycles. The van der Waals surface area contributed by atoms with Crippen molar-refractivity contribution in [1.82, 2.24) is 14.5 Å². The number of aromatic hydroxyl groups is 1. The van der Waals surface area contributed by atoms with Crippen LogP contribution in [0.1, 0.15) is 36.7 Å². The van der Waals surface area contributed by atoms with Crippen LogP contribution in [0.25, 0.3) is 5.69 Å². The molecular weight excluding hydrogens is 366 g/mol. The number of hydrogen-bond acceptors (Lipinski definition) is 4. The Labute approximate surface area is 161 Å². The Morgan fingerprint density at radius 1 is 1.15 bits per heavy atom. The number of hydrogen-bond donors (Lipinski definition) is 2. The minimum absolute atomic E-state index is 0.187. The predicted molar refractivity (Wildman–Crippen MR) is 105 cm³/mol. The van der Waals surface area contributed by atoms with Gasteiger partial charge >= 0.3 is 0 Å². The van der Waals surface area contributed by atoms with Gasteiger partial charge in [0.05, 0.1) is 10.6 Å².